The summed E-state index contributed by atoms with van der Waals surface area (Å²) in [4.78, 5) is 26.2. The Labute approximate surface area is 150 Å². The number of hydrogen-bond acceptors (Lipinski definition) is 5. The fourth-order valence-corrected chi connectivity index (χ4v) is 2.18. The number of carboxylic acids is 2. The molecule has 0 saturated heterocycles. The van der Waals surface area contributed by atoms with Crippen molar-refractivity contribution in [2.75, 3.05) is 7.11 Å². The summed E-state index contributed by atoms with van der Waals surface area (Å²) in [6.45, 7) is 3.21. The van der Waals surface area contributed by atoms with Gasteiger partial charge in [0.25, 0.3) is 0 Å². The van der Waals surface area contributed by atoms with Gasteiger partial charge in [0.1, 0.15) is 0 Å². The first-order valence-corrected chi connectivity index (χ1v) is 7.77. The molecule has 0 spiro atoms. The van der Waals surface area contributed by atoms with Gasteiger partial charge < -0.3 is 19.7 Å². The van der Waals surface area contributed by atoms with Crippen molar-refractivity contribution < 1.29 is 29.3 Å². The Balaban J connectivity index is 2.23. The summed E-state index contributed by atoms with van der Waals surface area (Å²) < 4.78 is 10.6. The highest BCUT2D eigenvalue weighted by Gasteiger charge is 2.15. The highest BCUT2D eigenvalue weighted by Crippen LogP contribution is 2.29. The molecule has 0 radical (unpaired) electrons. The second kappa shape index (κ2) is 8.15. The van der Waals surface area contributed by atoms with Crippen molar-refractivity contribution in [3.63, 3.8) is 0 Å². The number of carboxylic acid groups (broad SMARTS) is 2. The quantitative estimate of drug-likeness (QED) is 0.737. The predicted molar refractivity (Wildman–Crippen MR) is 96.1 cm³/mol. The molecule has 2 N–H and O–H groups in total. The van der Waals surface area contributed by atoms with Gasteiger partial charge in [0.15, 0.2) is 17.6 Å². The van der Waals surface area contributed by atoms with Gasteiger partial charge >= 0.3 is 11.9 Å². The van der Waals surface area contributed by atoms with Crippen molar-refractivity contribution >= 4 is 23.8 Å². The molecule has 2 aromatic rings. The van der Waals surface area contributed by atoms with E-state index >= 15 is 0 Å². The van der Waals surface area contributed by atoms with Crippen molar-refractivity contribution in [1.82, 2.24) is 0 Å². The number of hydrogen-bond donors (Lipinski definition) is 2. The maximum Gasteiger partial charge on any atom is 0.344 e. The zero-order chi connectivity index (χ0) is 19.3. The molecule has 0 saturated carbocycles. The first kappa shape index (κ1) is 19.0. The molecule has 1 atom stereocenters. The Hall–Kier alpha value is -3.35. The van der Waals surface area contributed by atoms with Crippen LogP contribution in [0.25, 0.3) is 0 Å². The van der Waals surface area contributed by atoms with Crippen LogP contribution < -0.4 is 9.47 Å². The number of carbonyl (C=O) groups is 2. The van der Waals surface area contributed by atoms with E-state index in [1.54, 1.807) is 43.5 Å². The Morgan fingerprint density at radius 2 is 1.85 bits per heavy atom. The normalized spacial score (nSPS) is 12.0. The summed E-state index contributed by atoms with van der Waals surface area (Å²) in [7, 11) is 1.46. The van der Waals surface area contributed by atoms with Gasteiger partial charge in [0.2, 0.25) is 0 Å². The smallest absolute Gasteiger partial charge is 0.344 e. The predicted octanol–water partition coefficient (Wildman–Crippen LogP) is 3.30. The maximum atomic E-state index is 11.0. The molecule has 0 aliphatic rings. The van der Waals surface area contributed by atoms with Gasteiger partial charge in [0.05, 0.1) is 18.4 Å². The number of nitrogens with zero attached hydrogens (tertiary/aromatic N) is 1. The van der Waals surface area contributed by atoms with Crippen molar-refractivity contribution in [3.8, 4) is 11.5 Å². The molecule has 0 fully saturated rings. The van der Waals surface area contributed by atoms with E-state index in [9.17, 15) is 9.59 Å². The van der Waals surface area contributed by atoms with Gasteiger partial charge in [-0.15, -0.1) is 0 Å². The standard InChI is InChI=1S/C19H19NO6/c1-11-8-14(19(23)24)5-6-15(11)20-10-13-4-7-16(17(9-13)25-3)26-12(2)18(21)22/h4-10,12H,1-3H3,(H,21,22)(H,23,24)/t12-/m0/s1. The molecule has 136 valence electrons. The van der Waals surface area contributed by atoms with Crippen molar-refractivity contribution in [1.29, 1.82) is 0 Å². The molecule has 2 aromatic carbocycles. The van der Waals surface area contributed by atoms with Crippen LogP contribution in [0.4, 0.5) is 5.69 Å². The van der Waals surface area contributed by atoms with E-state index in [0.717, 1.165) is 11.1 Å². The van der Waals surface area contributed by atoms with Crippen LogP contribution in [0.15, 0.2) is 41.4 Å². The molecule has 7 nitrogen and oxygen atoms in total. The molecule has 0 heterocycles. The van der Waals surface area contributed by atoms with Crippen molar-refractivity contribution in [2.24, 2.45) is 4.99 Å². The van der Waals surface area contributed by atoms with Crippen LogP contribution in [0.1, 0.15) is 28.4 Å². The summed E-state index contributed by atoms with van der Waals surface area (Å²) in [5.41, 5.74) is 2.31. The molecule has 0 aliphatic heterocycles. The van der Waals surface area contributed by atoms with Crippen LogP contribution in [-0.4, -0.2) is 41.6 Å². The van der Waals surface area contributed by atoms with Crippen LogP contribution >= 0.6 is 0 Å². The Morgan fingerprint density at radius 3 is 2.42 bits per heavy atom. The number of benzene rings is 2. The van der Waals surface area contributed by atoms with Gasteiger partial charge in [-0.3, -0.25) is 4.99 Å². The number of aliphatic imine (C=N–C) groups is 1. The molecule has 0 bridgehead atoms. The van der Waals surface area contributed by atoms with Gasteiger partial charge in [-0.1, -0.05) is 0 Å². The Morgan fingerprint density at radius 1 is 1.12 bits per heavy atom. The van der Waals surface area contributed by atoms with Gasteiger partial charge in [-0.2, -0.15) is 0 Å². The summed E-state index contributed by atoms with van der Waals surface area (Å²) in [6, 6.07) is 9.69. The minimum Gasteiger partial charge on any atom is -0.493 e. The third kappa shape index (κ3) is 4.60. The lowest BCUT2D eigenvalue weighted by Crippen LogP contribution is -2.23. The molecule has 7 heteroatoms. The van der Waals surface area contributed by atoms with Gasteiger partial charge in [-0.05, 0) is 61.4 Å². The molecule has 2 rings (SSSR count). The molecule has 0 aliphatic carbocycles. The summed E-state index contributed by atoms with van der Waals surface area (Å²) >= 11 is 0. The zero-order valence-corrected chi connectivity index (χ0v) is 14.6. The largest absolute Gasteiger partial charge is 0.493 e. The minimum absolute atomic E-state index is 0.206. The van der Waals surface area contributed by atoms with Crippen LogP contribution in [0.2, 0.25) is 0 Å². The van der Waals surface area contributed by atoms with Crippen molar-refractivity contribution in [2.45, 2.75) is 20.0 Å². The highest BCUT2D eigenvalue weighted by atomic mass is 16.5. The van der Waals surface area contributed by atoms with Gasteiger partial charge in [0, 0.05) is 6.21 Å². The first-order chi connectivity index (χ1) is 12.3. The molecule has 26 heavy (non-hydrogen) atoms. The van der Waals surface area contributed by atoms with E-state index in [1.165, 1.54) is 20.1 Å². The van der Waals surface area contributed by atoms with E-state index in [1.807, 2.05) is 0 Å². The Bertz CT molecular complexity index is 859. The van der Waals surface area contributed by atoms with Crippen LogP contribution in [-0.2, 0) is 4.79 Å². The number of ether oxygens (including phenoxy) is 2. The number of aliphatic carboxylic acids is 1. The lowest BCUT2D eigenvalue weighted by Gasteiger charge is -2.14. The van der Waals surface area contributed by atoms with Crippen LogP contribution in [0, 0.1) is 6.92 Å². The molecule has 0 aromatic heterocycles. The maximum absolute atomic E-state index is 11.0. The molecule has 0 amide bonds. The van der Waals surface area contributed by atoms with E-state index in [0.29, 0.717) is 17.2 Å². The second-order valence-corrected chi connectivity index (χ2v) is 5.57. The number of rotatable bonds is 7. The lowest BCUT2D eigenvalue weighted by atomic mass is 10.1. The minimum atomic E-state index is -1.07. The fourth-order valence-electron chi connectivity index (χ4n) is 2.18. The molecule has 0 unspecified atom stereocenters. The average molecular weight is 357 g/mol. The zero-order valence-electron chi connectivity index (χ0n) is 14.6. The average Bonchev–Trinajstić information content (AvgIpc) is 2.61. The summed E-state index contributed by atoms with van der Waals surface area (Å²) in [6.07, 6.45) is 0.606. The number of aryl methyl sites for hydroxylation is 1. The third-order valence-corrected chi connectivity index (χ3v) is 3.64. The highest BCUT2D eigenvalue weighted by molar-refractivity contribution is 5.89. The third-order valence-electron chi connectivity index (χ3n) is 3.64. The number of aromatic carboxylic acids is 1. The molecular formula is C19H19NO6. The number of methoxy groups -OCH3 is 1. The van der Waals surface area contributed by atoms with E-state index in [2.05, 4.69) is 4.99 Å². The first-order valence-electron chi connectivity index (χ1n) is 7.77. The topological polar surface area (TPSA) is 105 Å². The summed E-state index contributed by atoms with van der Waals surface area (Å²) in [5, 5.41) is 17.9. The summed E-state index contributed by atoms with van der Waals surface area (Å²) in [5.74, 6) is -1.35. The van der Waals surface area contributed by atoms with Crippen molar-refractivity contribution in [3.05, 3.63) is 53.1 Å². The van der Waals surface area contributed by atoms with Crippen LogP contribution in [0.5, 0.6) is 11.5 Å². The lowest BCUT2D eigenvalue weighted by molar-refractivity contribution is -0.144. The van der Waals surface area contributed by atoms with Gasteiger partial charge in [-0.25, -0.2) is 9.59 Å². The molecular weight excluding hydrogens is 338 g/mol. The Kier molecular flexibility index (Phi) is 5.95. The monoisotopic (exact) mass is 357 g/mol. The van der Waals surface area contributed by atoms with E-state index in [-0.39, 0.29) is 5.56 Å². The van der Waals surface area contributed by atoms with E-state index in [4.69, 9.17) is 19.7 Å². The van der Waals surface area contributed by atoms with E-state index < -0.39 is 18.0 Å². The van der Waals surface area contributed by atoms with Crippen LogP contribution in [0.3, 0.4) is 0 Å². The fraction of sp³-hybridized carbons (Fsp3) is 0.211. The second-order valence-electron chi connectivity index (χ2n) is 5.57. The SMILES string of the molecule is COc1cc(C=Nc2ccc(C(=O)O)cc2C)ccc1O[C@@H](C)C(=O)O.